The van der Waals surface area contributed by atoms with Gasteiger partial charge >= 0.3 is 0 Å². The Kier molecular flexibility index (Phi) is 6.12. The summed E-state index contributed by atoms with van der Waals surface area (Å²) in [6, 6.07) is 6.16. The maximum Gasteiger partial charge on any atom is 0.123 e. The molecule has 0 heterocycles. The molecule has 0 aliphatic rings. The number of aliphatic hydroxyl groups excluding tert-OH is 2. The third kappa shape index (κ3) is 4.29. The molecule has 0 saturated carbocycles. The molecule has 1 aromatic carbocycles. The number of aliphatic hydroxyl groups is 2. The molecule has 0 aliphatic heterocycles. The number of aryl methyl sites for hydroxylation is 1. The van der Waals surface area contributed by atoms with E-state index >= 15 is 0 Å². The summed E-state index contributed by atoms with van der Waals surface area (Å²) in [5.41, 5.74) is 2.37. The number of ether oxygens (including phenoxy) is 1. The predicted octanol–water partition coefficient (Wildman–Crippen LogP) is 1.04. The van der Waals surface area contributed by atoms with Crippen molar-refractivity contribution < 1.29 is 14.9 Å². The summed E-state index contributed by atoms with van der Waals surface area (Å²) < 4.78 is 5.34. The van der Waals surface area contributed by atoms with E-state index in [9.17, 15) is 5.11 Å². The van der Waals surface area contributed by atoms with E-state index in [1.807, 2.05) is 18.0 Å². The van der Waals surface area contributed by atoms with E-state index in [1.54, 1.807) is 7.11 Å². The summed E-state index contributed by atoms with van der Waals surface area (Å²) in [4.78, 5) is 1.97. The number of methoxy groups -OCH3 is 1. The SMILES string of the molecule is CCc1ccc(OC)c(CN(C)CC(O)CO)c1. The van der Waals surface area contributed by atoms with Crippen molar-refractivity contribution in [3.05, 3.63) is 29.3 Å². The average molecular weight is 253 g/mol. The van der Waals surface area contributed by atoms with Gasteiger partial charge in [-0.3, -0.25) is 4.90 Å². The lowest BCUT2D eigenvalue weighted by molar-refractivity contribution is 0.0646. The number of likely N-dealkylation sites (N-methyl/N-ethyl adjacent to an activating group) is 1. The lowest BCUT2D eigenvalue weighted by atomic mass is 10.1. The van der Waals surface area contributed by atoms with Crippen molar-refractivity contribution in [1.82, 2.24) is 4.90 Å². The Morgan fingerprint density at radius 1 is 1.39 bits per heavy atom. The van der Waals surface area contributed by atoms with Crippen LogP contribution in [-0.4, -0.2) is 48.5 Å². The summed E-state index contributed by atoms with van der Waals surface area (Å²) in [5, 5.41) is 18.2. The molecule has 0 amide bonds. The van der Waals surface area contributed by atoms with Gasteiger partial charge in [-0.1, -0.05) is 19.1 Å². The molecule has 18 heavy (non-hydrogen) atoms. The Balaban J connectivity index is 2.75. The fourth-order valence-corrected chi connectivity index (χ4v) is 1.95. The van der Waals surface area contributed by atoms with Crippen LogP contribution in [0, 0.1) is 0 Å². The molecule has 1 atom stereocenters. The zero-order valence-electron chi connectivity index (χ0n) is 11.4. The highest BCUT2D eigenvalue weighted by molar-refractivity contribution is 5.37. The van der Waals surface area contributed by atoms with E-state index in [0.717, 1.165) is 17.7 Å². The summed E-state index contributed by atoms with van der Waals surface area (Å²) >= 11 is 0. The van der Waals surface area contributed by atoms with Crippen LogP contribution in [0.15, 0.2) is 18.2 Å². The van der Waals surface area contributed by atoms with E-state index in [1.165, 1.54) is 5.56 Å². The molecule has 0 spiro atoms. The van der Waals surface area contributed by atoms with Crippen LogP contribution in [0.25, 0.3) is 0 Å². The van der Waals surface area contributed by atoms with Crippen molar-refractivity contribution in [3.63, 3.8) is 0 Å². The van der Waals surface area contributed by atoms with Crippen LogP contribution in [0.5, 0.6) is 5.75 Å². The van der Waals surface area contributed by atoms with Crippen LogP contribution >= 0.6 is 0 Å². The van der Waals surface area contributed by atoms with Gasteiger partial charge in [0, 0.05) is 18.7 Å². The Labute approximate surface area is 109 Å². The maximum absolute atomic E-state index is 9.41. The standard InChI is InChI=1S/C14H23NO3/c1-4-11-5-6-14(18-3)12(7-11)8-15(2)9-13(17)10-16/h5-7,13,16-17H,4,8-10H2,1-3H3. The van der Waals surface area contributed by atoms with Gasteiger partial charge in [0.15, 0.2) is 0 Å². The summed E-state index contributed by atoms with van der Waals surface area (Å²) in [6.45, 7) is 3.03. The molecule has 1 aromatic rings. The van der Waals surface area contributed by atoms with Crippen LogP contribution in [0.4, 0.5) is 0 Å². The lowest BCUT2D eigenvalue weighted by Gasteiger charge is -2.21. The van der Waals surface area contributed by atoms with Crippen LogP contribution in [0.1, 0.15) is 18.1 Å². The first kappa shape index (κ1) is 15.0. The molecular weight excluding hydrogens is 230 g/mol. The topological polar surface area (TPSA) is 52.9 Å². The minimum Gasteiger partial charge on any atom is -0.496 e. The first-order valence-corrected chi connectivity index (χ1v) is 6.24. The molecule has 4 nitrogen and oxygen atoms in total. The largest absolute Gasteiger partial charge is 0.496 e. The summed E-state index contributed by atoms with van der Waals surface area (Å²) in [5.74, 6) is 0.859. The van der Waals surface area contributed by atoms with Crippen molar-refractivity contribution in [2.75, 3.05) is 27.3 Å². The second kappa shape index (κ2) is 7.36. The highest BCUT2D eigenvalue weighted by Crippen LogP contribution is 2.21. The third-order valence-electron chi connectivity index (χ3n) is 2.93. The quantitative estimate of drug-likeness (QED) is 0.762. The van der Waals surface area contributed by atoms with Gasteiger partial charge in [0.1, 0.15) is 5.75 Å². The van der Waals surface area contributed by atoms with Gasteiger partial charge < -0.3 is 14.9 Å². The molecule has 1 unspecified atom stereocenters. The molecule has 0 aromatic heterocycles. The molecule has 1 rings (SSSR count). The zero-order chi connectivity index (χ0) is 13.5. The van der Waals surface area contributed by atoms with Gasteiger partial charge in [0.05, 0.1) is 19.8 Å². The van der Waals surface area contributed by atoms with Crippen LogP contribution in [0.2, 0.25) is 0 Å². The lowest BCUT2D eigenvalue weighted by Crippen LogP contribution is -2.31. The van der Waals surface area contributed by atoms with Crippen LogP contribution < -0.4 is 4.74 Å². The number of nitrogens with zero attached hydrogens (tertiary/aromatic N) is 1. The Hall–Kier alpha value is -1.10. The van der Waals surface area contributed by atoms with Gasteiger partial charge in [-0.15, -0.1) is 0 Å². The maximum atomic E-state index is 9.41. The van der Waals surface area contributed by atoms with Gasteiger partial charge in [-0.2, -0.15) is 0 Å². The minimum absolute atomic E-state index is 0.212. The fourth-order valence-electron chi connectivity index (χ4n) is 1.95. The monoisotopic (exact) mass is 253 g/mol. The first-order valence-electron chi connectivity index (χ1n) is 6.24. The van der Waals surface area contributed by atoms with Crippen molar-refractivity contribution in [2.24, 2.45) is 0 Å². The predicted molar refractivity (Wildman–Crippen MR) is 71.8 cm³/mol. The smallest absolute Gasteiger partial charge is 0.123 e. The van der Waals surface area contributed by atoms with Gasteiger partial charge in [0.25, 0.3) is 0 Å². The molecule has 102 valence electrons. The third-order valence-corrected chi connectivity index (χ3v) is 2.93. The first-order chi connectivity index (χ1) is 8.60. The van der Waals surface area contributed by atoms with E-state index in [0.29, 0.717) is 13.1 Å². The Morgan fingerprint density at radius 2 is 2.11 bits per heavy atom. The Morgan fingerprint density at radius 3 is 2.67 bits per heavy atom. The Bertz CT molecular complexity index is 368. The second-order valence-corrected chi connectivity index (χ2v) is 4.53. The van der Waals surface area contributed by atoms with Crippen molar-refractivity contribution in [3.8, 4) is 5.75 Å². The van der Waals surface area contributed by atoms with Crippen molar-refractivity contribution in [1.29, 1.82) is 0 Å². The van der Waals surface area contributed by atoms with E-state index in [2.05, 4.69) is 19.1 Å². The fraction of sp³-hybridized carbons (Fsp3) is 0.571. The highest BCUT2D eigenvalue weighted by Gasteiger charge is 2.10. The van der Waals surface area contributed by atoms with Gasteiger partial charge in [0.2, 0.25) is 0 Å². The molecule has 0 bridgehead atoms. The number of rotatable bonds is 7. The summed E-state index contributed by atoms with van der Waals surface area (Å²) in [6.07, 6.45) is 0.287. The second-order valence-electron chi connectivity index (χ2n) is 4.53. The van der Waals surface area contributed by atoms with Crippen molar-refractivity contribution in [2.45, 2.75) is 26.0 Å². The van der Waals surface area contributed by atoms with Gasteiger partial charge in [-0.05, 0) is 25.1 Å². The average Bonchev–Trinajstić information content (AvgIpc) is 2.38. The molecule has 2 N–H and O–H groups in total. The van der Waals surface area contributed by atoms with Crippen LogP contribution in [0.3, 0.4) is 0 Å². The molecule has 4 heteroatoms. The number of hydrogen-bond acceptors (Lipinski definition) is 4. The molecule has 0 saturated heterocycles. The minimum atomic E-state index is -0.699. The molecule has 0 aliphatic carbocycles. The summed E-state index contributed by atoms with van der Waals surface area (Å²) in [7, 11) is 3.57. The van der Waals surface area contributed by atoms with Crippen LogP contribution in [-0.2, 0) is 13.0 Å². The highest BCUT2D eigenvalue weighted by atomic mass is 16.5. The van der Waals surface area contributed by atoms with E-state index in [-0.39, 0.29) is 6.61 Å². The van der Waals surface area contributed by atoms with E-state index in [4.69, 9.17) is 9.84 Å². The zero-order valence-corrected chi connectivity index (χ0v) is 11.4. The van der Waals surface area contributed by atoms with Gasteiger partial charge in [-0.25, -0.2) is 0 Å². The molecule has 0 fully saturated rings. The molecular formula is C14H23NO3. The number of hydrogen-bond donors (Lipinski definition) is 2. The van der Waals surface area contributed by atoms with E-state index < -0.39 is 6.10 Å². The normalized spacial score (nSPS) is 12.8. The van der Waals surface area contributed by atoms with Crippen molar-refractivity contribution >= 4 is 0 Å². The number of benzene rings is 1. The molecule has 0 radical (unpaired) electrons.